The lowest BCUT2D eigenvalue weighted by Gasteiger charge is -2.10. The van der Waals surface area contributed by atoms with Gasteiger partial charge in [0.15, 0.2) is 5.69 Å². The Labute approximate surface area is 251 Å². The summed E-state index contributed by atoms with van der Waals surface area (Å²) >= 11 is 9.15. The van der Waals surface area contributed by atoms with E-state index in [0.29, 0.717) is 38.6 Å². The van der Waals surface area contributed by atoms with Crippen LogP contribution in [0.4, 0.5) is 4.39 Å². The normalized spacial score (nSPS) is 14.0. The van der Waals surface area contributed by atoms with Crippen molar-refractivity contribution in [1.82, 2.24) is 14.8 Å². The van der Waals surface area contributed by atoms with Crippen LogP contribution in [-0.4, -0.2) is 30.0 Å². The largest absolute Gasteiger partial charge is 0.476 e. The fourth-order valence-corrected chi connectivity index (χ4v) is 7.33. The maximum Gasteiger partial charge on any atom is 0.355 e. The lowest BCUT2D eigenvalue weighted by molar-refractivity contribution is 0.0691. The summed E-state index contributed by atoms with van der Waals surface area (Å²) in [7, 11) is -1.71. The molecule has 0 bridgehead atoms. The fourth-order valence-electron chi connectivity index (χ4n) is 4.79. The summed E-state index contributed by atoms with van der Waals surface area (Å²) < 4.78 is 28.6. The minimum atomic E-state index is -1.71. The summed E-state index contributed by atoms with van der Waals surface area (Å²) in [6.07, 6.45) is 3.37. The number of carboxylic acids is 1. The molecule has 0 amide bonds. The van der Waals surface area contributed by atoms with E-state index >= 15 is 4.39 Å². The van der Waals surface area contributed by atoms with Gasteiger partial charge in [-0.15, -0.1) is 22.7 Å². The SMILES string of the molecule is Cc1ccc(-c2cc(-c3nn(-c4nc(C(=O)O)cs4)c(CC4CC4)c3Cc3ccc(S(N)=O)c(Cl)c3)ccc2F)s1. The molecule has 3 N–H and O–H groups in total. The molecular formula is C29H24ClFN4O3S3. The van der Waals surface area contributed by atoms with Gasteiger partial charge in [-0.2, -0.15) is 5.10 Å². The smallest absolute Gasteiger partial charge is 0.355 e. The number of rotatable bonds is 9. The van der Waals surface area contributed by atoms with Crippen molar-refractivity contribution in [2.75, 3.05) is 0 Å². The molecule has 1 saturated carbocycles. The van der Waals surface area contributed by atoms with Gasteiger partial charge in [-0.25, -0.2) is 28.2 Å². The molecule has 0 spiro atoms. The molecule has 1 unspecified atom stereocenters. The van der Waals surface area contributed by atoms with E-state index in [9.17, 15) is 14.1 Å². The molecule has 0 saturated heterocycles. The zero-order valence-corrected chi connectivity index (χ0v) is 25.0. The molecule has 6 rings (SSSR count). The second-order valence-electron chi connectivity index (χ2n) is 10.00. The van der Waals surface area contributed by atoms with Gasteiger partial charge in [0.1, 0.15) is 16.8 Å². The summed E-state index contributed by atoms with van der Waals surface area (Å²) in [5.41, 5.74) is 4.55. The van der Waals surface area contributed by atoms with E-state index in [1.807, 2.05) is 31.2 Å². The van der Waals surface area contributed by atoms with Crippen molar-refractivity contribution < 1.29 is 18.5 Å². The predicted octanol–water partition coefficient (Wildman–Crippen LogP) is 7.05. The number of hydrogen-bond donors (Lipinski definition) is 2. The molecule has 41 heavy (non-hydrogen) atoms. The monoisotopic (exact) mass is 626 g/mol. The molecule has 3 aromatic heterocycles. The highest BCUT2D eigenvalue weighted by atomic mass is 35.5. The molecule has 12 heteroatoms. The summed E-state index contributed by atoms with van der Waals surface area (Å²) in [4.78, 5) is 18.2. The number of nitrogens with two attached hydrogens (primary N) is 1. The minimum Gasteiger partial charge on any atom is -0.476 e. The summed E-state index contributed by atoms with van der Waals surface area (Å²) in [6.45, 7) is 1.98. The maximum absolute atomic E-state index is 15.1. The molecular weight excluding hydrogens is 603 g/mol. The first-order valence-corrected chi connectivity index (χ1v) is 16.1. The van der Waals surface area contributed by atoms with Crippen LogP contribution in [0.25, 0.3) is 26.8 Å². The first kappa shape index (κ1) is 27.9. The molecule has 1 fully saturated rings. The van der Waals surface area contributed by atoms with Crippen molar-refractivity contribution in [2.45, 2.75) is 37.5 Å². The van der Waals surface area contributed by atoms with E-state index in [1.165, 1.54) is 34.1 Å². The summed E-state index contributed by atoms with van der Waals surface area (Å²) in [5, 5.41) is 22.3. The average molecular weight is 627 g/mol. The molecule has 1 aliphatic carbocycles. The molecule has 0 radical (unpaired) electrons. The number of benzene rings is 2. The number of aryl methyl sites for hydroxylation is 1. The Balaban J connectivity index is 1.54. The number of halogens is 2. The number of carbonyl (C=O) groups is 1. The van der Waals surface area contributed by atoms with Crippen molar-refractivity contribution >= 4 is 51.2 Å². The molecule has 3 heterocycles. The number of thiophene rings is 1. The van der Waals surface area contributed by atoms with Crippen LogP contribution in [0.15, 0.2) is 58.8 Å². The number of hydrogen-bond acceptors (Lipinski definition) is 6. The molecule has 7 nitrogen and oxygen atoms in total. The molecule has 0 aliphatic heterocycles. The van der Waals surface area contributed by atoms with Gasteiger partial charge in [0.25, 0.3) is 0 Å². The van der Waals surface area contributed by atoms with Crippen molar-refractivity contribution in [3.8, 4) is 26.8 Å². The molecule has 1 aliphatic rings. The highest BCUT2D eigenvalue weighted by molar-refractivity contribution is 7.82. The molecule has 2 aromatic carbocycles. The van der Waals surface area contributed by atoms with Crippen molar-refractivity contribution in [1.29, 1.82) is 0 Å². The third-order valence-corrected chi connectivity index (χ3v) is 10.1. The van der Waals surface area contributed by atoms with Gasteiger partial charge in [0, 0.05) is 38.2 Å². The van der Waals surface area contributed by atoms with E-state index < -0.39 is 17.0 Å². The van der Waals surface area contributed by atoms with Crippen LogP contribution in [0.1, 0.15) is 45.0 Å². The Morgan fingerprint density at radius 2 is 2.02 bits per heavy atom. The van der Waals surface area contributed by atoms with Gasteiger partial charge in [0.05, 0.1) is 21.3 Å². The third kappa shape index (κ3) is 5.77. The van der Waals surface area contributed by atoms with Gasteiger partial charge >= 0.3 is 5.97 Å². The number of nitrogens with zero attached hydrogens (tertiary/aromatic N) is 3. The van der Waals surface area contributed by atoms with Crippen LogP contribution >= 0.6 is 34.3 Å². The first-order chi connectivity index (χ1) is 19.7. The van der Waals surface area contributed by atoms with Crippen molar-refractivity contribution in [3.63, 3.8) is 0 Å². The van der Waals surface area contributed by atoms with Gasteiger partial charge < -0.3 is 5.11 Å². The highest BCUT2D eigenvalue weighted by Crippen LogP contribution is 2.40. The molecule has 210 valence electrons. The van der Waals surface area contributed by atoms with Crippen LogP contribution in [0.3, 0.4) is 0 Å². The minimum absolute atomic E-state index is 0.0461. The molecule has 1 atom stereocenters. The van der Waals surface area contributed by atoms with Gasteiger partial charge in [-0.3, -0.25) is 0 Å². The first-order valence-electron chi connectivity index (χ1n) is 12.8. The average Bonchev–Trinajstić information content (AvgIpc) is 3.28. The number of thiazole rings is 1. The van der Waals surface area contributed by atoms with Crippen LogP contribution < -0.4 is 5.14 Å². The van der Waals surface area contributed by atoms with Crippen molar-refractivity contribution in [2.24, 2.45) is 11.1 Å². The van der Waals surface area contributed by atoms with E-state index in [4.69, 9.17) is 21.8 Å². The van der Waals surface area contributed by atoms with E-state index in [2.05, 4.69) is 4.98 Å². The lowest BCUT2D eigenvalue weighted by Crippen LogP contribution is -2.06. The Bertz CT molecular complexity index is 1830. The Morgan fingerprint density at radius 1 is 1.22 bits per heavy atom. The fraction of sp³-hybridized carbons (Fsp3) is 0.207. The Kier molecular flexibility index (Phi) is 7.64. The van der Waals surface area contributed by atoms with Gasteiger partial charge in [0.2, 0.25) is 5.13 Å². The van der Waals surface area contributed by atoms with E-state index in [0.717, 1.165) is 51.4 Å². The van der Waals surface area contributed by atoms with Gasteiger partial charge in [-0.05, 0) is 80.1 Å². The second kappa shape index (κ2) is 11.2. The van der Waals surface area contributed by atoms with Crippen LogP contribution in [0, 0.1) is 18.7 Å². The highest BCUT2D eigenvalue weighted by Gasteiger charge is 2.29. The van der Waals surface area contributed by atoms with Gasteiger partial charge in [-0.1, -0.05) is 17.7 Å². The number of aromatic nitrogens is 3. The Morgan fingerprint density at radius 3 is 2.66 bits per heavy atom. The molecule has 5 aromatic rings. The van der Waals surface area contributed by atoms with E-state index in [-0.39, 0.29) is 11.5 Å². The quantitative estimate of drug-likeness (QED) is 0.182. The number of aromatic carboxylic acids is 1. The second-order valence-corrected chi connectivity index (χ2v) is 13.6. The summed E-state index contributed by atoms with van der Waals surface area (Å²) in [6, 6.07) is 14.1. The predicted molar refractivity (Wildman–Crippen MR) is 161 cm³/mol. The van der Waals surface area contributed by atoms with Crippen LogP contribution in [-0.2, 0) is 23.8 Å². The maximum atomic E-state index is 15.1. The Hall–Kier alpha value is -3.22. The zero-order chi connectivity index (χ0) is 28.8. The standard InChI is InChI=1S/C29H24ClFN4O3S3/c1-15-2-8-25(40-15)19-13-18(6-7-22(19)31)27-20(10-17-5-9-26(41(32)38)21(30)11-17)24(12-16-3-4-16)35(34-27)29-33-23(14-39-29)28(36)37/h2,5-9,11,13-14,16H,3-4,10,12,32H2,1H3,(H,36,37). The third-order valence-electron chi connectivity index (χ3n) is 7.00. The van der Waals surface area contributed by atoms with Crippen LogP contribution in [0.2, 0.25) is 5.02 Å². The van der Waals surface area contributed by atoms with E-state index in [1.54, 1.807) is 22.9 Å². The zero-order valence-electron chi connectivity index (χ0n) is 21.8. The lowest BCUT2D eigenvalue weighted by atomic mass is 9.96. The summed E-state index contributed by atoms with van der Waals surface area (Å²) in [5.74, 6) is -0.942. The van der Waals surface area contributed by atoms with Crippen LogP contribution in [0.5, 0.6) is 0 Å². The van der Waals surface area contributed by atoms with Crippen molar-refractivity contribution in [3.05, 3.63) is 92.1 Å². The topological polar surface area (TPSA) is 111 Å². The number of carboxylic acid groups (broad SMARTS) is 1.